The third kappa shape index (κ3) is 3.00. The van der Waals surface area contributed by atoms with Crippen molar-refractivity contribution in [2.75, 3.05) is 0 Å². The Labute approximate surface area is 105 Å². The van der Waals surface area contributed by atoms with Gasteiger partial charge in [-0.05, 0) is 50.1 Å². The zero-order chi connectivity index (χ0) is 12.8. The minimum absolute atomic E-state index is 1.10. The quantitative estimate of drug-likeness (QED) is 0.704. The molecule has 0 spiro atoms. The molecule has 0 saturated carbocycles. The number of aromatic nitrogens is 1. The lowest BCUT2D eigenvalue weighted by Gasteiger charge is -2.09. The average Bonchev–Trinajstić information content (AvgIpc) is 2.72. The number of rotatable bonds is 2. The molecule has 0 fully saturated rings. The van der Waals surface area contributed by atoms with Crippen molar-refractivity contribution in [1.82, 2.24) is 4.57 Å². The van der Waals surface area contributed by atoms with E-state index < -0.39 is 0 Å². The second-order valence-electron chi connectivity index (χ2n) is 3.97. The zero-order valence-corrected chi connectivity index (χ0v) is 11.6. The van der Waals surface area contributed by atoms with Crippen LogP contribution in [-0.4, -0.2) is 4.57 Å². The van der Waals surface area contributed by atoms with E-state index in [-0.39, 0.29) is 0 Å². The summed E-state index contributed by atoms with van der Waals surface area (Å²) in [5.74, 6) is 0. The molecule has 0 atom stereocenters. The lowest BCUT2D eigenvalue weighted by atomic mass is 10.1. The highest BCUT2D eigenvalue weighted by atomic mass is 15.0. The van der Waals surface area contributed by atoms with Gasteiger partial charge in [-0.15, -0.1) is 0 Å². The first-order valence-corrected chi connectivity index (χ1v) is 6.46. The average molecular weight is 229 g/mol. The number of nitrogens with zero attached hydrogens (tertiary/aromatic N) is 1. The Morgan fingerprint density at radius 1 is 0.824 bits per heavy atom. The summed E-state index contributed by atoms with van der Waals surface area (Å²) in [4.78, 5) is 0. The fourth-order valence-electron chi connectivity index (χ4n) is 1.96. The van der Waals surface area contributed by atoms with E-state index in [0.29, 0.717) is 0 Å². The maximum Gasteiger partial charge on any atom is 0.0455 e. The minimum atomic E-state index is 1.10. The van der Waals surface area contributed by atoms with E-state index in [2.05, 4.69) is 61.7 Å². The van der Waals surface area contributed by atoms with Crippen LogP contribution in [0.15, 0.2) is 36.4 Å². The minimum Gasteiger partial charge on any atom is -0.319 e. The molecule has 1 aromatic carbocycles. The number of aryl methyl sites for hydroxylation is 3. The van der Waals surface area contributed by atoms with Gasteiger partial charge in [0.25, 0.3) is 0 Å². The summed E-state index contributed by atoms with van der Waals surface area (Å²) in [6.07, 6.45) is 1.10. The molecule has 0 saturated heterocycles. The first-order chi connectivity index (χ1) is 8.22. The Bertz CT molecular complexity index is 429. The van der Waals surface area contributed by atoms with E-state index >= 15 is 0 Å². The van der Waals surface area contributed by atoms with Gasteiger partial charge in [0.1, 0.15) is 0 Å². The van der Waals surface area contributed by atoms with E-state index in [1.54, 1.807) is 0 Å². The van der Waals surface area contributed by atoms with E-state index in [1.807, 2.05) is 13.8 Å². The van der Waals surface area contributed by atoms with Gasteiger partial charge >= 0.3 is 0 Å². The van der Waals surface area contributed by atoms with E-state index in [1.165, 1.54) is 22.6 Å². The van der Waals surface area contributed by atoms with Crippen LogP contribution in [0.25, 0.3) is 5.69 Å². The van der Waals surface area contributed by atoms with Crippen molar-refractivity contribution in [2.24, 2.45) is 0 Å². The van der Waals surface area contributed by atoms with Crippen LogP contribution < -0.4 is 0 Å². The van der Waals surface area contributed by atoms with Crippen LogP contribution in [0.5, 0.6) is 0 Å². The van der Waals surface area contributed by atoms with Crippen LogP contribution in [0.2, 0.25) is 0 Å². The Morgan fingerprint density at radius 2 is 1.29 bits per heavy atom. The normalized spacial score (nSPS) is 9.71. The van der Waals surface area contributed by atoms with E-state index in [0.717, 1.165) is 6.42 Å². The summed E-state index contributed by atoms with van der Waals surface area (Å²) in [5.41, 5.74) is 5.22. The molecule has 1 heterocycles. The van der Waals surface area contributed by atoms with Crippen molar-refractivity contribution in [1.29, 1.82) is 0 Å². The van der Waals surface area contributed by atoms with Gasteiger partial charge in [-0.3, -0.25) is 0 Å². The molecule has 1 heteroatoms. The fraction of sp³-hybridized carbons (Fsp3) is 0.375. The van der Waals surface area contributed by atoms with Gasteiger partial charge < -0.3 is 4.57 Å². The first kappa shape index (κ1) is 13.6. The van der Waals surface area contributed by atoms with E-state index in [4.69, 9.17) is 0 Å². The van der Waals surface area contributed by atoms with Gasteiger partial charge in [0.2, 0.25) is 0 Å². The molecule has 0 bridgehead atoms. The van der Waals surface area contributed by atoms with Crippen molar-refractivity contribution in [2.45, 2.75) is 41.0 Å². The number of hydrogen-bond acceptors (Lipinski definition) is 0. The highest BCUT2D eigenvalue weighted by Crippen LogP contribution is 2.16. The highest BCUT2D eigenvalue weighted by Gasteiger charge is 2.02. The Kier molecular flexibility index (Phi) is 5.02. The fourth-order valence-corrected chi connectivity index (χ4v) is 1.96. The van der Waals surface area contributed by atoms with Crippen molar-refractivity contribution >= 4 is 0 Å². The van der Waals surface area contributed by atoms with Crippen molar-refractivity contribution < 1.29 is 0 Å². The molecule has 0 aliphatic rings. The van der Waals surface area contributed by atoms with Gasteiger partial charge in [-0.2, -0.15) is 0 Å². The lowest BCUT2D eigenvalue weighted by molar-refractivity contribution is 0.963. The molecular formula is C16H23N. The Morgan fingerprint density at radius 3 is 1.71 bits per heavy atom. The maximum atomic E-state index is 2.28. The topological polar surface area (TPSA) is 4.93 Å². The van der Waals surface area contributed by atoms with Gasteiger partial charge in [-0.25, -0.2) is 0 Å². The molecule has 0 aliphatic heterocycles. The first-order valence-electron chi connectivity index (χ1n) is 6.46. The predicted octanol–water partition coefficient (Wildman–Crippen LogP) is 4.68. The summed E-state index contributed by atoms with van der Waals surface area (Å²) in [6, 6.07) is 13.1. The van der Waals surface area contributed by atoms with Gasteiger partial charge in [0, 0.05) is 17.1 Å². The second-order valence-corrected chi connectivity index (χ2v) is 3.97. The predicted molar refractivity (Wildman–Crippen MR) is 76.0 cm³/mol. The molecule has 1 nitrogen and oxygen atoms in total. The molecule has 2 aromatic rings. The van der Waals surface area contributed by atoms with Crippen molar-refractivity contribution in [3.05, 3.63) is 53.3 Å². The van der Waals surface area contributed by atoms with Crippen LogP contribution in [0.4, 0.5) is 0 Å². The molecule has 92 valence electrons. The molecule has 0 N–H and O–H groups in total. The lowest BCUT2D eigenvalue weighted by Crippen LogP contribution is -1.98. The maximum absolute atomic E-state index is 2.28. The van der Waals surface area contributed by atoms with Crippen LogP contribution >= 0.6 is 0 Å². The van der Waals surface area contributed by atoms with Crippen LogP contribution in [0, 0.1) is 13.8 Å². The monoisotopic (exact) mass is 229 g/mol. The number of benzene rings is 1. The van der Waals surface area contributed by atoms with Gasteiger partial charge in [-0.1, -0.05) is 32.9 Å². The SMILES string of the molecule is CC.CCc1ccc(-n2c(C)ccc2C)cc1. The van der Waals surface area contributed by atoms with Crippen LogP contribution in [0.1, 0.15) is 37.7 Å². The van der Waals surface area contributed by atoms with Crippen molar-refractivity contribution in [3.63, 3.8) is 0 Å². The highest BCUT2D eigenvalue weighted by molar-refractivity contribution is 5.39. The molecular weight excluding hydrogens is 206 g/mol. The molecule has 0 unspecified atom stereocenters. The third-order valence-corrected chi connectivity index (χ3v) is 2.87. The molecule has 1 aromatic heterocycles. The number of hydrogen-bond donors (Lipinski definition) is 0. The Balaban J connectivity index is 0.000000686. The summed E-state index contributed by atoms with van der Waals surface area (Å²) < 4.78 is 2.28. The van der Waals surface area contributed by atoms with Crippen molar-refractivity contribution in [3.8, 4) is 5.69 Å². The third-order valence-electron chi connectivity index (χ3n) is 2.87. The summed E-state index contributed by atoms with van der Waals surface area (Å²) in [5, 5.41) is 0. The Hall–Kier alpha value is -1.50. The molecule has 0 amide bonds. The van der Waals surface area contributed by atoms with Crippen LogP contribution in [0.3, 0.4) is 0 Å². The van der Waals surface area contributed by atoms with Gasteiger partial charge in [0.15, 0.2) is 0 Å². The summed E-state index contributed by atoms with van der Waals surface area (Å²) in [7, 11) is 0. The largest absolute Gasteiger partial charge is 0.319 e. The molecule has 2 rings (SSSR count). The molecule has 0 radical (unpaired) electrons. The smallest absolute Gasteiger partial charge is 0.0455 e. The summed E-state index contributed by atoms with van der Waals surface area (Å²) in [6.45, 7) is 10.5. The van der Waals surface area contributed by atoms with E-state index in [9.17, 15) is 0 Å². The molecule has 17 heavy (non-hydrogen) atoms. The van der Waals surface area contributed by atoms with Gasteiger partial charge in [0.05, 0.1) is 0 Å². The second kappa shape index (κ2) is 6.29. The molecule has 0 aliphatic carbocycles. The zero-order valence-electron chi connectivity index (χ0n) is 11.6. The van der Waals surface area contributed by atoms with Crippen LogP contribution in [-0.2, 0) is 6.42 Å². The standard InChI is InChI=1S/C14H17N.C2H6/c1-4-13-7-9-14(10-8-13)15-11(2)5-6-12(15)3;1-2/h5-10H,4H2,1-3H3;1-2H3. The summed E-state index contributed by atoms with van der Waals surface area (Å²) >= 11 is 0.